The van der Waals surface area contributed by atoms with E-state index in [4.69, 9.17) is 10.6 Å². The van der Waals surface area contributed by atoms with E-state index in [1.165, 1.54) is 12.4 Å². The Kier molecular flexibility index (Phi) is 4.61. The van der Waals surface area contributed by atoms with Gasteiger partial charge in [-0.3, -0.25) is 16.3 Å². The van der Waals surface area contributed by atoms with Gasteiger partial charge in [0.05, 0.1) is 18.3 Å². The minimum absolute atomic E-state index is 0.197. The summed E-state index contributed by atoms with van der Waals surface area (Å²) in [5, 5.41) is 0. The van der Waals surface area contributed by atoms with E-state index in [0.717, 1.165) is 0 Å². The Hall–Kier alpha value is -1.04. The zero-order valence-corrected chi connectivity index (χ0v) is 8.90. The maximum Gasteiger partial charge on any atom is 0.146 e. The summed E-state index contributed by atoms with van der Waals surface area (Å²) in [5.74, 6) is 5.01. The highest BCUT2D eigenvalue weighted by Gasteiger charge is 2.21. The predicted molar refractivity (Wildman–Crippen MR) is 55.3 cm³/mol. The van der Waals surface area contributed by atoms with Crippen LogP contribution in [0.25, 0.3) is 0 Å². The van der Waals surface area contributed by atoms with E-state index >= 15 is 0 Å². The lowest BCUT2D eigenvalue weighted by Crippen LogP contribution is -2.37. The predicted octanol–water partition coefficient (Wildman–Crippen LogP) is 1.15. The van der Waals surface area contributed by atoms with Crippen LogP contribution in [-0.2, 0) is 4.74 Å². The molecule has 5 heteroatoms. The number of pyridine rings is 1. The van der Waals surface area contributed by atoms with Crippen molar-refractivity contribution in [2.45, 2.75) is 26.0 Å². The van der Waals surface area contributed by atoms with Gasteiger partial charge >= 0.3 is 0 Å². The fourth-order valence-corrected chi connectivity index (χ4v) is 1.48. The summed E-state index contributed by atoms with van der Waals surface area (Å²) in [7, 11) is 0. The number of hydrogen-bond acceptors (Lipinski definition) is 4. The lowest BCUT2D eigenvalue weighted by atomic mass is 10.0. The Labute approximate surface area is 88.6 Å². The molecule has 2 unspecified atom stereocenters. The first kappa shape index (κ1) is 12.0. The maximum atomic E-state index is 13.4. The van der Waals surface area contributed by atoms with Crippen molar-refractivity contribution in [3.05, 3.63) is 29.8 Å². The van der Waals surface area contributed by atoms with E-state index in [1.54, 1.807) is 6.07 Å². The van der Waals surface area contributed by atoms with Crippen molar-refractivity contribution in [1.82, 2.24) is 10.4 Å². The molecule has 0 amide bonds. The molecular weight excluding hydrogens is 197 g/mol. The van der Waals surface area contributed by atoms with E-state index in [2.05, 4.69) is 10.4 Å². The molecule has 0 saturated heterocycles. The number of rotatable bonds is 5. The van der Waals surface area contributed by atoms with E-state index in [1.807, 2.05) is 13.8 Å². The Bertz CT molecular complexity index is 308. The molecule has 0 bridgehead atoms. The number of nitrogens with two attached hydrogens (primary N) is 1. The van der Waals surface area contributed by atoms with Crippen LogP contribution in [0.5, 0.6) is 0 Å². The molecule has 3 N–H and O–H groups in total. The van der Waals surface area contributed by atoms with Crippen molar-refractivity contribution >= 4 is 0 Å². The third-order valence-electron chi connectivity index (χ3n) is 2.22. The van der Waals surface area contributed by atoms with Crippen molar-refractivity contribution in [3.63, 3.8) is 0 Å². The largest absolute Gasteiger partial charge is 0.377 e. The minimum atomic E-state index is -0.382. The molecule has 0 saturated carbocycles. The van der Waals surface area contributed by atoms with E-state index in [9.17, 15) is 4.39 Å². The maximum absolute atomic E-state index is 13.4. The second-order valence-corrected chi connectivity index (χ2v) is 3.20. The Morgan fingerprint density at radius 1 is 1.67 bits per heavy atom. The van der Waals surface area contributed by atoms with Gasteiger partial charge in [-0.15, -0.1) is 0 Å². The van der Waals surface area contributed by atoms with Gasteiger partial charge in [-0.25, -0.2) is 4.39 Å². The topological polar surface area (TPSA) is 60.2 Å². The van der Waals surface area contributed by atoms with Gasteiger partial charge in [0, 0.05) is 18.4 Å². The summed E-state index contributed by atoms with van der Waals surface area (Å²) < 4.78 is 18.8. The molecule has 84 valence electrons. The summed E-state index contributed by atoms with van der Waals surface area (Å²) in [6.45, 7) is 4.28. The van der Waals surface area contributed by atoms with Gasteiger partial charge in [0.1, 0.15) is 5.82 Å². The highest BCUT2D eigenvalue weighted by molar-refractivity contribution is 5.18. The highest BCUT2D eigenvalue weighted by Crippen LogP contribution is 2.20. The summed E-state index contributed by atoms with van der Waals surface area (Å²) >= 11 is 0. The smallest absolute Gasteiger partial charge is 0.146 e. The quantitative estimate of drug-likeness (QED) is 0.569. The first-order valence-corrected chi connectivity index (χ1v) is 4.87. The van der Waals surface area contributed by atoms with Crippen LogP contribution in [0, 0.1) is 5.82 Å². The monoisotopic (exact) mass is 213 g/mol. The average Bonchev–Trinajstić information content (AvgIpc) is 2.22. The molecule has 0 fully saturated rings. The molecular formula is C10H16FN3O. The molecule has 0 radical (unpaired) electrons. The first-order chi connectivity index (χ1) is 7.20. The summed E-state index contributed by atoms with van der Waals surface area (Å²) in [6, 6.07) is 1.22. The van der Waals surface area contributed by atoms with Crippen molar-refractivity contribution in [2.24, 2.45) is 5.84 Å². The fraction of sp³-hybridized carbons (Fsp3) is 0.500. The van der Waals surface area contributed by atoms with Gasteiger partial charge in [0.25, 0.3) is 0 Å². The van der Waals surface area contributed by atoms with Crippen LogP contribution < -0.4 is 11.3 Å². The van der Waals surface area contributed by atoms with Crippen LogP contribution in [0.1, 0.15) is 25.5 Å². The fourth-order valence-electron chi connectivity index (χ4n) is 1.48. The zero-order chi connectivity index (χ0) is 11.3. The van der Waals surface area contributed by atoms with Crippen molar-refractivity contribution < 1.29 is 9.13 Å². The number of aromatic nitrogens is 1. The molecule has 4 nitrogen and oxygen atoms in total. The number of nitrogens with zero attached hydrogens (tertiary/aromatic N) is 1. The number of ether oxygens (including phenoxy) is 1. The standard InChI is InChI=1S/C10H16FN3O/c1-3-15-7(2)10(14-12)8-4-5-13-6-9(8)11/h4-7,10,14H,3,12H2,1-2H3. The summed E-state index contributed by atoms with van der Waals surface area (Å²) in [6.07, 6.45) is 2.50. The van der Waals surface area contributed by atoms with Gasteiger partial charge in [0.15, 0.2) is 0 Å². The van der Waals surface area contributed by atoms with E-state index < -0.39 is 0 Å². The summed E-state index contributed by atoms with van der Waals surface area (Å²) in [5.41, 5.74) is 3.02. The third-order valence-corrected chi connectivity index (χ3v) is 2.22. The highest BCUT2D eigenvalue weighted by atomic mass is 19.1. The molecule has 1 aromatic heterocycles. The Balaban J connectivity index is 2.87. The van der Waals surface area contributed by atoms with Gasteiger partial charge in [-0.2, -0.15) is 0 Å². The Morgan fingerprint density at radius 2 is 2.40 bits per heavy atom. The van der Waals surface area contributed by atoms with Crippen LogP contribution in [-0.4, -0.2) is 17.7 Å². The van der Waals surface area contributed by atoms with Gasteiger partial charge < -0.3 is 4.74 Å². The second-order valence-electron chi connectivity index (χ2n) is 3.20. The average molecular weight is 213 g/mol. The van der Waals surface area contributed by atoms with Gasteiger partial charge in [-0.05, 0) is 19.9 Å². The van der Waals surface area contributed by atoms with Crippen LogP contribution >= 0.6 is 0 Å². The van der Waals surface area contributed by atoms with Gasteiger partial charge in [0.2, 0.25) is 0 Å². The number of halogens is 1. The molecule has 0 aliphatic heterocycles. The third kappa shape index (κ3) is 2.95. The minimum Gasteiger partial charge on any atom is -0.377 e. The van der Waals surface area contributed by atoms with E-state index in [-0.39, 0.29) is 18.0 Å². The molecule has 15 heavy (non-hydrogen) atoms. The molecule has 1 aromatic rings. The molecule has 2 atom stereocenters. The lowest BCUT2D eigenvalue weighted by molar-refractivity contribution is 0.0462. The summed E-state index contributed by atoms with van der Waals surface area (Å²) in [4.78, 5) is 3.68. The molecule has 0 spiro atoms. The number of hydrazine groups is 1. The van der Waals surface area contributed by atoms with Crippen LogP contribution in [0.2, 0.25) is 0 Å². The lowest BCUT2D eigenvalue weighted by Gasteiger charge is -2.23. The van der Waals surface area contributed by atoms with Crippen LogP contribution in [0.4, 0.5) is 4.39 Å². The molecule has 0 aliphatic carbocycles. The normalized spacial score (nSPS) is 14.9. The zero-order valence-electron chi connectivity index (χ0n) is 8.90. The second kappa shape index (κ2) is 5.75. The van der Waals surface area contributed by atoms with Crippen LogP contribution in [0.15, 0.2) is 18.5 Å². The SMILES string of the molecule is CCOC(C)C(NN)c1ccncc1F. The number of nitrogens with one attached hydrogen (secondary N) is 1. The molecule has 0 aliphatic rings. The van der Waals surface area contributed by atoms with Crippen molar-refractivity contribution in [2.75, 3.05) is 6.61 Å². The Morgan fingerprint density at radius 3 is 2.93 bits per heavy atom. The number of hydrogen-bond donors (Lipinski definition) is 2. The molecule has 0 aromatic carbocycles. The van der Waals surface area contributed by atoms with Crippen LogP contribution in [0.3, 0.4) is 0 Å². The first-order valence-electron chi connectivity index (χ1n) is 4.87. The van der Waals surface area contributed by atoms with Gasteiger partial charge in [-0.1, -0.05) is 0 Å². The molecule has 1 rings (SSSR count). The van der Waals surface area contributed by atoms with Crippen molar-refractivity contribution in [3.8, 4) is 0 Å². The van der Waals surface area contributed by atoms with Crippen molar-refractivity contribution in [1.29, 1.82) is 0 Å². The van der Waals surface area contributed by atoms with E-state index in [0.29, 0.717) is 12.2 Å². The molecule has 1 heterocycles.